The molecule has 2 aromatic rings. The third kappa shape index (κ3) is 3.20. The number of hydrogen-bond acceptors (Lipinski definition) is 2. The fraction of sp³-hybridized carbons (Fsp3) is 0.294. The number of benzene rings is 2. The second-order valence-electron chi connectivity index (χ2n) is 5.09. The summed E-state index contributed by atoms with van der Waals surface area (Å²) >= 11 is 1.79. The van der Waals surface area contributed by atoms with Crippen LogP contribution in [0, 0.1) is 0 Å². The Balaban J connectivity index is 1.51. The third-order valence-electron chi connectivity index (χ3n) is 3.75. The van der Waals surface area contributed by atoms with Crippen LogP contribution in [-0.4, -0.2) is 12.3 Å². The zero-order valence-electron chi connectivity index (χ0n) is 11.2. The lowest BCUT2D eigenvalue weighted by atomic mass is 10.1. The highest BCUT2D eigenvalue weighted by atomic mass is 32.2. The topological polar surface area (TPSA) is 12.0 Å². The quantitative estimate of drug-likeness (QED) is 0.822. The smallest absolute Gasteiger partial charge is 0.0208 e. The van der Waals surface area contributed by atoms with E-state index in [9.17, 15) is 0 Å². The molecule has 1 N–H and O–H groups in total. The van der Waals surface area contributed by atoms with Crippen molar-refractivity contribution < 1.29 is 0 Å². The van der Waals surface area contributed by atoms with E-state index in [0.29, 0.717) is 12.0 Å². The van der Waals surface area contributed by atoms with Gasteiger partial charge in [0.1, 0.15) is 0 Å². The van der Waals surface area contributed by atoms with Gasteiger partial charge >= 0.3 is 0 Å². The number of rotatable bonds is 5. The minimum Gasteiger partial charge on any atom is -0.309 e. The van der Waals surface area contributed by atoms with Crippen molar-refractivity contribution in [3.63, 3.8) is 0 Å². The van der Waals surface area contributed by atoms with Crippen LogP contribution >= 0.6 is 11.8 Å². The molecule has 1 aliphatic rings. The summed E-state index contributed by atoms with van der Waals surface area (Å²) in [6.07, 6.45) is 3.38. The predicted octanol–water partition coefficient (Wildman–Crippen LogP) is 4.05. The van der Waals surface area contributed by atoms with Crippen LogP contribution in [0.4, 0.5) is 0 Å². The van der Waals surface area contributed by atoms with E-state index < -0.39 is 0 Å². The van der Waals surface area contributed by atoms with Crippen LogP contribution in [0.15, 0.2) is 59.5 Å². The van der Waals surface area contributed by atoms with Crippen molar-refractivity contribution in [2.75, 3.05) is 6.26 Å². The van der Waals surface area contributed by atoms with Crippen molar-refractivity contribution in [2.24, 2.45) is 0 Å². The molecule has 3 rings (SSSR count). The second-order valence-corrected chi connectivity index (χ2v) is 5.97. The Kier molecular flexibility index (Phi) is 3.90. The zero-order chi connectivity index (χ0) is 13.1. The zero-order valence-corrected chi connectivity index (χ0v) is 12.0. The Morgan fingerprint density at radius 3 is 2.47 bits per heavy atom. The molecular formula is C17H19NS. The van der Waals surface area contributed by atoms with E-state index in [4.69, 9.17) is 0 Å². The molecule has 0 radical (unpaired) electrons. The summed E-state index contributed by atoms with van der Waals surface area (Å²) in [6.45, 7) is 0.975. The average Bonchev–Trinajstić information content (AvgIpc) is 3.26. The molecule has 0 spiro atoms. The van der Waals surface area contributed by atoms with Crippen LogP contribution in [-0.2, 0) is 6.54 Å². The van der Waals surface area contributed by atoms with Gasteiger partial charge in [-0.05, 0) is 35.9 Å². The molecule has 2 heteroatoms. The van der Waals surface area contributed by atoms with Crippen molar-refractivity contribution >= 4 is 11.8 Å². The van der Waals surface area contributed by atoms with E-state index in [1.165, 1.54) is 22.4 Å². The molecule has 1 nitrogen and oxygen atoms in total. The molecule has 0 bridgehead atoms. The van der Waals surface area contributed by atoms with E-state index in [1.807, 2.05) is 0 Å². The van der Waals surface area contributed by atoms with Gasteiger partial charge in [-0.2, -0.15) is 0 Å². The average molecular weight is 269 g/mol. The summed E-state index contributed by atoms with van der Waals surface area (Å²) < 4.78 is 0. The monoisotopic (exact) mass is 269 g/mol. The van der Waals surface area contributed by atoms with Gasteiger partial charge in [-0.25, -0.2) is 0 Å². The molecule has 0 heterocycles. The molecule has 1 aliphatic carbocycles. The minimum atomic E-state index is 0.655. The first-order valence-electron chi connectivity index (χ1n) is 6.78. The standard InChI is InChI=1S/C17H19NS/c1-19-15-9-7-13(8-10-15)12-18-17-11-16(17)14-5-3-2-4-6-14/h2-10,16-18H,11-12H2,1H3. The minimum absolute atomic E-state index is 0.655. The Hall–Kier alpha value is -1.25. The first kappa shape index (κ1) is 12.8. The van der Waals surface area contributed by atoms with Gasteiger partial charge in [0.15, 0.2) is 0 Å². The van der Waals surface area contributed by atoms with Gasteiger partial charge in [-0.15, -0.1) is 11.8 Å². The van der Waals surface area contributed by atoms with E-state index in [0.717, 1.165) is 6.54 Å². The Morgan fingerprint density at radius 2 is 1.79 bits per heavy atom. The van der Waals surface area contributed by atoms with Gasteiger partial charge in [0, 0.05) is 23.4 Å². The summed E-state index contributed by atoms with van der Waals surface area (Å²) in [6, 6.07) is 20.3. The highest BCUT2D eigenvalue weighted by molar-refractivity contribution is 7.98. The number of nitrogens with one attached hydrogen (secondary N) is 1. The fourth-order valence-electron chi connectivity index (χ4n) is 2.48. The van der Waals surface area contributed by atoms with E-state index >= 15 is 0 Å². The predicted molar refractivity (Wildman–Crippen MR) is 82.7 cm³/mol. The second kappa shape index (κ2) is 5.81. The lowest BCUT2D eigenvalue weighted by Crippen LogP contribution is -2.17. The molecular weight excluding hydrogens is 250 g/mol. The van der Waals surface area contributed by atoms with Gasteiger partial charge in [0.05, 0.1) is 0 Å². The number of thioether (sulfide) groups is 1. The molecule has 98 valence electrons. The molecule has 2 aromatic carbocycles. The first-order valence-corrected chi connectivity index (χ1v) is 8.00. The molecule has 19 heavy (non-hydrogen) atoms. The maximum atomic E-state index is 3.65. The van der Waals surface area contributed by atoms with Crippen molar-refractivity contribution in [2.45, 2.75) is 29.8 Å². The molecule has 0 aliphatic heterocycles. The Bertz CT molecular complexity index is 521. The summed E-state index contributed by atoms with van der Waals surface area (Å²) in [7, 11) is 0. The first-order chi connectivity index (χ1) is 9.36. The van der Waals surface area contributed by atoms with E-state index in [2.05, 4.69) is 66.2 Å². The number of hydrogen-bond donors (Lipinski definition) is 1. The largest absolute Gasteiger partial charge is 0.309 e. The van der Waals surface area contributed by atoms with Crippen LogP contribution in [0.2, 0.25) is 0 Å². The summed E-state index contributed by atoms with van der Waals surface area (Å²) in [5.74, 6) is 0.715. The van der Waals surface area contributed by atoms with Gasteiger partial charge in [-0.1, -0.05) is 42.5 Å². The van der Waals surface area contributed by atoms with Crippen molar-refractivity contribution in [1.29, 1.82) is 0 Å². The Morgan fingerprint density at radius 1 is 1.05 bits per heavy atom. The third-order valence-corrected chi connectivity index (χ3v) is 4.49. The lowest BCUT2D eigenvalue weighted by Gasteiger charge is -2.05. The van der Waals surface area contributed by atoms with Crippen LogP contribution in [0.5, 0.6) is 0 Å². The molecule has 0 amide bonds. The molecule has 2 atom stereocenters. The van der Waals surface area contributed by atoms with Crippen LogP contribution < -0.4 is 5.32 Å². The van der Waals surface area contributed by atoms with Gasteiger partial charge in [0.25, 0.3) is 0 Å². The molecule has 0 saturated heterocycles. The normalized spacial score (nSPS) is 21.3. The van der Waals surface area contributed by atoms with Crippen molar-refractivity contribution in [1.82, 2.24) is 5.32 Å². The van der Waals surface area contributed by atoms with Crippen LogP contribution in [0.1, 0.15) is 23.5 Å². The highest BCUT2D eigenvalue weighted by Crippen LogP contribution is 2.40. The molecule has 1 saturated carbocycles. The summed E-state index contributed by atoms with van der Waals surface area (Å²) in [5.41, 5.74) is 2.84. The maximum absolute atomic E-state index is 3.65. The van der Waals surface area contributed by atoms with Gasteiger partial charge in [-0.3, -0.25) is 0 Å². The van der Waals surface area contributed by atoms with Crippen molar-refractivity contribution in [3.05, 3.63) is 65.7 Å². The van der Waals surface area contributed by atoms with Gasteiger partial charge in [0.2, 0.25) is 0 Å². The van der Waals surface area contributed by atoms with Crippen molar-refractivity contribution in [3.8, 4) is 0 Å². The van der Waals surface area contributed by atoms with E-state index in [-0.39, 0.29) is 0 Å². The summed E-state index contributed by atoms with van der Waals surface area (Å²) in [4.78, 5) is 1.33. The van der Waals surface area contributed by atoms with Crippen LogP contribution in [0.25, 0.3) is 0 Å². The van der Waals surface area contributed by atoms with E-state index in [1.54, 1.807) is 11.8 Å². The maximum Gasteiger partial charge on any atom is 0.0208 e. The van der Waals surface area contributed by atoms with Crippen LogP contribution in [0.3, 0.4) is 0 Å². The summed E-state index contributed by atoms with van der Waals surface area (Å²) in [5, 5.41) is 3.65. The molecule has 1 fully saturated rings. The fourth-order valence-corrected chi connectivity index (χ4v) is 2.89. The Labute approximate surface area is 119 Å². The molecule has 2 unspecified atom stereocenters. The van der Waals surface area contributed by atoms with Gasteiger partial charge < -0.3 is 5.32 Å². The lowest BCUT2D eigenvalue weighted by molar-refractivity contribution is 0.672. The highest BCUT2D eigenvalue weighted by Gasteiger charge is 2.37. The SMILES string of the molecule is CSc1ccc(CNC2CC2c2ccccc2)cc1. The molecule has 0 aromatic heterocycles.